The summed E-state index contributed by atoms with van der Waals surface area (Å²) in [6, 6.07) is 8.44. The smallest absolute Gasteiger partial charge is 0.227 e. The summed E-state index contributed by atoms with van der Waals surface area (Å²) in [6.45, 7) is 9.62. The van der Waals surface area contributed by atoms with Crippen molar-refractivity contribution in [2.24, 2.45) is 0 Å². The summed E-state index contributed by atoms with van der Waals surface area (Å²) in [5.74, 6) is 0.0557. The highest BCUT2D eigenvalue weighted by molar-refractivity contribution is 5.93. The fourth-order valence-corrected chi connectivity index (χ4v) is 3.36. The second kappa shape index (κ2) is 6.46. The molecule has 1 aromatic heterocycles. The Morgan fingerprint density at radius 3 is 2.77 bits per heavy atom. The molecule has 22 heavy (non-hydrogen) atoms. The number of hydrogen-bond acceptors (Lipinski definition) is 3. The summed E-state index contributed by atoms with van der Waals surface area (Å²) < 4.78 is 1.77. The van der Waals surface area contributed by atoms with Gasteiger partial charge in [0.1, 0.15) is 0 Å². The highest BCUT2D eigenvalue weighted by Gasteiger charge is 2.24. The molecule has 0 spiro atoms. The molecule has 2 aromatic rings. The van der Waals surface area contributed by atoms with Gasteiger partial charge < -0.3 is 5.32 Å². The molecule has 1 N–H and O–H groups in total. The summed E-state index contributed by atoms with van der Waals surface area (Å²) in [4.78, 5) is 14.4. The molecular weight excluding hydrogens is 274 g/mol. The molecule has 1 aliphatic heterocycles. The first kappa shape index (κ1) is 15.0. The molecule has 0 aliphatic carbocycles. The number of nitrogens with one attached hydrogen (secondary N) is 1. The van der Waals surface area contributed by atoms with E-state index in [4.69, 9.17) is 0 Å². The minimum atomic E-state index is 0.0557. The van der Waals surface area contributed by atoms with Crippen LogP contribution in [-0.2, 0) is 0 Å². The molecule has 1 fully saturated rings. The van der Waals surface area contributed by atoms with E-state index >= 15 is 0 Å². The maximum absolute atomic E-state index is 11.9. The van der Waals surface area contributed by atoms with Gasteiger partial charge in [-0.2, -0.15) is 0 Å². The lowest BCUT2D eigenvalue weighted by molar-refractivity contribution is 0.0941. The van der Waals surface area contributed by atoms with Gasteiger partial charge >= 0.3 is 0 Å². The lowest BCUT2D eigenvalue weighted by Crippen LogP contribution is -2.45. The van der Waals surface area contributed by atoms with E-state index in [1.165, 1.54) is 10.9 Å². The molecular formula is C18H23N3O. The number of piperazine rings is 1. The van der Waals surface area contributed by atoms with Gasteiger partial charge in [-0.05, 0) is 18.1 Å². The van der Waals surface area contributed by atoms with Crippen molar-refractivity contribution in [2.75, 3.05) is 26.2 Å². The second-order valence-corrected chi connectivity index (χ2v) is 5.82. The van der Waals surface area contributed by atoms with Gasteiger partial charge in [0, 0.05) is 50.7 Å². The van der Waals surface area contributed by atoms with Crippen LogP contribution in [0.15, 0.2) is 43.1 Å². The van der Waals surface area contributed by atoms with Crippen molar-refractivity contribution >= 4 is 16.8 Å². The van der Waals surface area contributed by atoms with E-state index in [0.717, 1.165) is 38.1 Å². The maximum Gasteiger partial charge on any atom is 0.227 e. The van der Waals surface area contributed by atoms with Crippen LogP contribution in [0.25, 0.3) is 10.9 Å². The number of rotatable bonds is 4. The third kappa shape index (κ3) is 2.72. The summed E-state index contributed by atoms with van der Waals surface area (Å²) in [5.41, 5.74) is 2.22. The molecule has 0 bridgehead atoms. The number of nitrogens with zero attached hydrogens (tertiary/aromatic N) is 2. The number of para-hydroxylation sites is 1. The first-order valence-corrected chi connectivity index (χ1v) is 7.89. The van der Waals surface area contributed by atoms with Crippen molar-refractivity contribution in [3.05, 3.63) is 48.7 Å². The van der Waals surface area contributed by atoms with E-state index in [1.54, 1.807) is 11.5 Å². The second-order valence-electron chi connectivity index (χ2n) is 5.82. The minimum absolute atomic E-state index is 0.0557. The van der Waals surface area contributed by atoms with Gasteiger partial charge in [0.15, 0.2) is 0 Å². The third-order valence-electron chi connectivity index (χ3n) is 4.42. The Bertz CT molecular complexity index is 683. The average molecular weight is 297 g/mol. The van der Waals surface area contributed by atoms with Crippen molar-refractivity contribution in [3.8, 4) is 0 Å². The van der Waals surface area contributed by atoms with E-state index in [-0.39, 0.29) is 11.9 Å². The van der Waals surface area contributed by atoms with E-state index in [1.807, 2.05) is 30.5 Å². The van der Waals surface area contributed by atoms with Gasteiger partial charge in [-0.3, -0.25) is 14.3 Å². The van der Waals surface area contributed by atoms with Crippen molar-refractivity contribution < 1.29 is 4.79 Å². The maximum atomic E-state index is 11.9. The van der Waals surface area contributed by atoms with Crippen molar-refractivity contribution in [3.63, 3.8) is 0 Å². The summed E-state index contributed by atoms with van der Waals surface area (Å²) in [6.07, 6.45) is 4.89. The molecule has 116 valence electrons. The first-order chi connectivity index (χ1) is 10.7. The number of fused-ring (bicyclic) bond motifs is 1. The van der Waals surface area contributed by atoms with Crippen molar-refractivity contribution in [1.29, 1.82) is 0 Å². The van der Waals surface area contributed by atoms with E-state index in [2.05, 4.69) is 22.9 Å². The average Bonchev–Trinajstić information content (AvgIpc) is 2.93. The van der Waals surface area contributed by atoms with Crippen LogP contribution < -0.4 is 5.32 Å². The molecule has 1 saturated heterocycles. The number of hydrogen-bond donors (Lipinski definition) is 1. The van der Waals surface area contributed by atoms with E-state index in [0.29, 0.717) is 0 Å². The number of aromatic nitrogens is 1. The first-order valence-electron chi connectivity index (χ1n) is 7.89. The van der Waals surface area contributed by atoms with Gasteiger partial charge in [-0.1, -0.05) is 24.3 Å². The van der Waals surface area contributed by atoms with E-state index < -0.39 is 0 Å². The Hall–Kier alpha value is -1.91. The normalized spacial score (nSPS) is 17.5. The predicted octanol–water partition coefficient (Wildman–Crippen LogP) is 2.82. The Morgan fingerprint density at radius 2 is 2.09 bits per heavy atom. The van der Waals surface area contributed by atoms with Crippen LogP contribution in [0, 0.1) is 0 Å². The quantitative estimate of drug-likeness (QED) is 0.882. The third-order valence-corrected chi connectivity index (χ3v) is 4.42. The van der Waals surface area contributed by atoms with Crippen LogP contribution in [0.2, 0.25) is 0 Å². The lowest BCUT2D eigenvalue weighted by atomic mass is 10.0. The molecule has 0 saturated carbocycles. The highest BCUT2D eigenvalue weighted by atomic mass is 16.1. The zero-order valence-electron chi connectivity index (χ0n) is 13.1. The van der Waals surface area contributed by atoms with Gasteiger partial charge in [-0.15, -0.1) is 6.58 Å². The van der Waals surface area contributed by atoms with Crippen LogP contribution in [0.3, 0.4) is 0 Å². The number of benzene rings is 1. The number of carbonyl (C=O) groups is 1. The molecule has 0 amide bonds. The van der Waals surface area contributed by atoms with Crippen molar-refractivity contribution in [2.45, 2.75) is 19.4 Å². The Morgan fingerprint density at radius 1 is 1.36 bits per heavy atom. The summed E-state index contributed by atoms with van der Waals surface area (Å²) in [5, 5.41) is 4.57. The fourth-order valence-electron chi connectivity index (χ4n) is 3.36. The molecule has 1 atom stereocenters. The lowest BCUT2D eigenvalue weighted by Gasteiger charge is -2.34. The van der Waals surface area contributed by atoms with Crippen LogP contribution in [0.5, 0.6) is 0 Å². The molecule has 4 heteroatoms. The topological polar surface area (TPSA) is 37.3 Å². The Labute approximate surface area is 131 Å². The zero-order valence-corrected chi connectivity index (χ0v) is 13.1. The molecule has 4 nitrogen and oxygen atoms in total. The zero-order chi connectivity index (χ0) is 15.5. The monoisotopic (exact) mass is 297 g/mol. The van der Waals surface area contributed by atoms with Gasteiger partial charge in [0.25, 0.3) is 0 Å². The van der Waals surface area contributed by atoms with Gasteiger partial charge in [0.2, 0.25) is 5.91 Å². The van der Waals surface area contributed by atoms with Crippen LogP contribution >= 0.6 is 0 Å². The fraction of sp³-hybridized carbons (Fsp3) is 0.389. The van der Waals surface area contributed by atoms with Crippen LogP contribution in [-0.4, -0.2) is 41.6 Å². The standard InChI is InChI=1S/C18H23N3O/c1-3-6-17(20-11-9-19-10-12-20)16-13-21(14(2)22)18-8-5-4-7-15(16)18/h3-5,7-8,13,17,19H,1,6,9-12H2,2H3/t17-/m0/s1. The molecule has 1 aromatic carbocycles. The van der Waals surface area contributed by atoms with Crippen LogP contribution in [0.1, 0.15) is 29.7 Å². The van der Waals surface area contributed by atoms with Gasteiger partial charge in [-0.25, -0.2) is 0 Å². The van der Waals surface area contributed by atoms with E-state index in [9.17, 15) is 4.79 Å². The largest absolute Gasteiger partial charge is 0.314 e. The minimum Gasteiger partial charge on any atom is -0.314 e. The molecule has 0 radical (unpaired) electrons. The SMILES string of the molecule is C=CC[C@@H](c1cn(C(C)=O)c2ccccc12)N1CCNCC1. The van der Waals surface area contributed by atoms with Crippen LogP contribution in [0.4, 0.5) is 0 Å². The molecule has 3 rings (SSSR count). The summed E-state index contributed by atoms with van der Waals surface area (Å²) in [7, 11) is 0. The predicted molar refractivity (Wildman–Crippen MR) is 90.2 cm³/mol. The Kier molecular flexibility index (Phi) is 4.41. The molecule has 1 aliphatic rings. The van der Waals surface area contributed by atoms with Crippen molar-refractivity contribution in [1.82, 2.24) is 14.8 Å². The number of carbonyl (C=O) groups excluding carboxylic acids is 1. The molecule has 0 unspecified atom stereocenters. The molecule has 2 heterocycles. The Balaban J connectivity index is 2.08. The highest BCUT2D eigenvalue weighted by Crippen LogP contribution is 2.32. The summed E-state index contributed by atoms with van der Waals surface area (Å²) >= 11 is 0. The van der Waals surface area contributed by atoms with Gasteiger partial charge in [0.05, 0.1) is 5.52 Å².